The molecule has 0 aliphatic carbocycles. The minimum Gasteiger partial charge on any atom is -0.353 e. The fourth-order valence-corrected chi connectivity index (χ4v) is 2.70. The number of carbonyl (C=O) groups is 1. The van der Waals surface area contributed by atoms with Crippen LogP contribution in [0.4, 0.5) is 0 Å². The summed E-state index contributed by atoms with van der Waals surface area (Å²) in [6.07, 6.45) is 0.647. The number of aromatic nitrogens is 2. The number of nitrogens with one attached hydrogen (secondary N) is 2. The lowest BCUT2D eigenvalue weighted by Gasteiger charge is -2.15. The van der Waals surface area contributed by atoms with Gasteiger partial charge in [-0.05, 0) is 38.8 Å². The fraction of sp³-hybridized carbons (Fsp3) is 0.353. The minimum absolute atomic E-state index is 0.0152. The van der Waals surface area contributed by atoms with Gasteiger partial charge in [0, 0.05) is 22.3 Å². The number of halogens is 1. The van der Waals surface area contributed by atoms with Crippen LogP contribution in [0, 0.1) is 13.8 Å². The molecule has 0 saturated carbocycles. The normalized spacial score (nSPS) is 12.0. The van der Waals surface area contributed by atoms with Gasteiger partial charge >= 0.3 is 0 Å². The molecule has 1 heterocycles. The van der Waals surface area contributed by atoms with Crippen LogP contribution in [0.1, 0.15) is 29.6 Å². The summed E-state index contributed by atoms with van der Waals surface area (Å²) in [5.41, 5.74) is 1.70. The monoisotopic (exact) mass is 333 g/mol. The van der Waals surface area contributed by atoms with Crippen LogP contribution < -0.4 is 10.9 Å². The van der Waals surface area contributed by atoms with E-state index in [2.05, 4.69) is 15.3 Å². The lowest BCUT2D eigenvalue weighted by Crippen LogP contribution is -2.36. The molecule has 0 bridgehead atoms. The molecule has 6 heteroatoms. The first-order valence-electron chi connectivity index (χ1n) is 7.46. The highest BCUT2D eigenvalue weighted by Crippen LogP contribution is 2.16. The number of nitrogens with zero attached hydrogens (tertiary/aromatic N) is 1. The Morgan fingerprint density at radius 3 is 2.70 bits per heavy atom. The average Bonchev–Trinajstić information content (AvgIpc) is 2.45. The SMILES string of the molecule is Cc1nc(C)c(CC(=O)N[C@@H](C)Cc2ccccc2Cl)c(=O)[nH]1. The zero-order chi connectivity index (χ0) is 17.0. The largest absolute Gasteiger partial charge is 0.353 e. The standard InChI is InChI=1S/C17H20ClN3O2/c1-10(8-13-6-4-5-7-15(13)18)19-16(22)9-14-11(2)20-12(3)21-17(14)23/h4-7,10H,8-9H2,1-3H3,(H,19,22)(H,20,21,23)/t10-/m0/s1. The summed E-state index contributed by atoms with van der Waals surface area (Å²) in [6.45, 7) is 5.35. The van der Waals surface area contributed by atoms with E-state index in [0.717, 1.165) is 5.56 Å². The Morgan fingerprint density at radius 2 is 2.04 bits per heavy atom. The Kier molecular flexibility index (Phi) is 5.55. The van der Waals surface area contributed by atoms with E-state index in [0.29, 0.717) is 28.5 Å². The van der Waals surface area contributed by atoms with Gasteiger partial charge in [-0.3, -0.25) is 9.59 Å². The summed E-state index contributed by atoms with van der Waals surface area (Å²) < 4.78 is 0. The summed E-state index contributed by atoms with van der Waals surface area (Å²) in [4.78, 5) is 30.9. The Balaban J connectivity index is 2.00. The zero-order valence-corrected chi connectivity index (χ0v) is 14.2. The summed E-state index contributed by atoms with van der Waals surface area (Å²) in [5, 5.41) is 3.58. The smallest absolute Gasteiger partial charge is 0.254 e. The van der Waals surface area contributed by atoms with Crippen molar-refractivity contribution in [3.05, 3.63) is 62.3 Å². The van der Waals surface area contributed by atoms with Crippen molar-refractivity contribution in [2.24, 2.45) is 0 Å². The van der Waals surface area contributed by atoms with Crippen molar-refractivity contribution in [2.75, 3.05) is 0 Å². The molecule has 0 aliphatic rings. The maximum Gasteiger partial charge on any atom is 0.254 e. The summed E-state index contributed by atoms with van der Waals surface area (Å²) >= 11 is 6.12. The predicted octanol–water partition coefficient (Wildman–Crippen LogP) is 2.33. The molecule has 0 saturated heterocycles. The predicted molar refractivity (Wildman–Crippen MR) is 90.8 cm³/mol. The number of hydrogen-bond donors (Lipinski definition) is 2. The van der Waals surface area contributed by atoms with Gasteiger partial charge in [-0.1, -0.05) is 29.8 Å². The number of benzene rings is 1. The molecule has 1 aromatic carbocycles. The lowest BCUT2D eigenvalue weighted by molar-refractivity contribution is -0.121. The van der Waals surface area contributed by atoms with Crippen molar-refractivity contribution in [3.8, 4) is 0 Å². The molecule has 2 rings (SSSR count). The maximum absolute atomic E-state index is 12.2. The van der Waals surface area contributed by atoms with Gasteiger partial charge in [0.2, 0.25) is 5.91 Å². The number of aryl methyl sites for hydroxylation is 2. The van der Waals surface area contributed by atoms with Crippen LogP contribution in [0.3, 0.4) is 0 Å². The van der Waals surface area contributed by atoms with Crippen LogP contribution in [-0.2, 0) is 17.6 Å². The molecule has 5 nitrogen and oxygen atoms in total. The molecule has 0 spiro atoms. The van der Waals surface area contributed by atoms with Crippen LogP contribution in [0.5, 0.6) is 0 Å². The van der Waals surface area contributed by atoms with E-state index in [4.69, 9.17) is 11.6 Å². The number of amides is 1. The third-order valence-corrected chi connectivity index (χ3v) is 3.94. The van der Waals surface area contributed by atoms with Crippen LogP contribution in [0.15, 0.2) is 29.1 Å². The molecular weight excluding hydrogens is 314 g/mol. The second-order valence-corrected chi connectivity index (χ2v) is 6.06. The third-order valence-electron chi connectivity index (χ3n) is 3.57. The lowest BCUT2D eigenvalue weighted by atomic mass is 10.1. The number of hydrogen-bond acceptors (Lipinski definition) is 3. The molecule has 2 N–H and O–H groups in total. The molecule has 0 fully saturated rings. The van der Waals surface area contributed by atoms with Crippen molar-refractivity contribution in [1.82, 2.24) is 15.3 Å². The quantitative estimate of drug-likeness (QED) is 0.881. The van der Waals surface area contributed by atoms with Crippen molar-refractivity contribution in [3.63, 3.8) is 0 Å². The van der Waals surface area contributed by atoms with Crippen LogP contribution >= 0.6 is 11.6 Å². The molecule has 2 aromatic rings. The first-order chi connectivity index (χ1) is 10.9. The van der Waals surface area contributed by atoms with E-state index in [1.807, 2.05) is 31.2 Å². The maximum atomic E-state index is 12.2. The van der Waals surface area contributed by atoms with Crippen molar-refractivity contribution in [1.29, 1.82) is 0 Å². The van der Waals surface area contributed by atoms with E-state index in [9.17, 15) is 9.59 Å². The first-order valence-corrected chi connectivity index (χ1v) is 7.83. The van der Waals surface area contributed by atoms with Crippen LogP contribution in [0.2, 0.25) is 5.02 Å². The van der Waals surface area contributed by atoms with E-state index in [1.54, 1.807) is 13.8 Å². The Bertz CT molecular complexity index is 771. The number of rotatable bonds is 5. The third kappa shape index (κ3) is 4.66. The van der Waals surface area contributed by atoms with Gasteiger partial charge in [-0.15, -0.1) is 0 Å². The second-order valence-electron chi connectivity index (χ2n) is 5.66. The van der Waals surface area contributed by atoms with Gasteiger partial charge in [0.1, 0.15) is 5.82 Å². The molecule has 0 radical (unpaired) electrons. The zero-order valence-electron chi connectivity index (χ0n) is 13.4. The van der Waals surface area contributed by atoms with Crippen molar-refractivity contribution >= 4 is 17.5 Å². The van der Waals surface area contributed by atoms with E-state index in [-0.39, 0.29) is 23.9 Å². The van der Waals surface area contributed by atoms with E-state index < -0.39 is 0 Å². The summed E-state index contributed by atoms with van der Waals surface area (Å²) in [6, 6.07) is 7.46. The molecular formula is C17H20ClN3O2. The fourth-order valence-electron chi connectivity index (χ4n) is 2.49. The minimum atomic E-state index is -0.260. The van der Waals surface area contributed by atoms with Gasteiger partial charge in [-0.2, -0.15) is 0 Å². The van der Waals surface area contributed by atoms with E-state index in [1.165, 1.54) is 0 Å². The molecule has 0 aliphatic heterocycles. The van der Waals surface area contributed by atoms with Gasteiger partial charge in [0.15, 0.2) is 0 Å². The van der Waals surface area contributed by atoms with Gasteiger partial charge in [0.25, 0.3) is 5.56 Å². The number of H-pyrrole nitrogens is 1. The first kappa shape index (κ1) is 17.2. The highest BCUT2D eigenvalue weighted by atomic mass is 35.5. The van der Waals surface area contributed by atoms with Crippen molar-refractivity contribution < 1.29 is 4.79 Å². The number of carbonyl (C=O) groups excluding carboxylic acids is 1. The number of aromatic amines is 1. The van der Waals surface area contributed by atoms with Crippen LogP contribution in [-0.4, -0.2) is 21.9 Å². The molecule has 122 valence electrons. The molecule has 1 amide bonds. The molecule has 0 unspecified atom stereocenters. The van der Waals surface area contributed by atoms with Crippen molar-refractivity contribution in [2.45, 2.75) is 39.7 Å². The average molecular weight is 334 g/mol. The second kappa shape index (κ2) is 7.42. The highest BCUT2D eigenvalue weighted by molar-refractivity contribution is 6.31. The van der Waals surface area contributed by atoms with E-state index >= 15 is 0 Å². The molecule has 1 atom stereocenters. The van der Waals surface area contributed by atoms with Crippen LogP contribution in [0.25, 0.3) is 0 Å². The highest BCUT2D eigenvalue weighted by Gasteiger charge is 2.14. The Morgan fingerprint density at radius 1 is 1.35 bits per heavy atom. The van der Waals surface area contributed by atoms with Gasteiger partial charge in [0.05, 0.1) is 6.42 Å². The molecule has 23 heavy (non-hydrogen) atoms. The topological polar surface area (TPSA) is 74.8 Å². The Labute approximate surface area is 140 Å². The van der Waals surface area contributed by atoms with Gasteiger partial charge in [-0.25, -0.2) is 4.98 Å². The molecule has 1 aromatic heterocycles. The summed E-state index contributed by atoms with van der Waals surface area (Å²) in [7, 11) is 0. The summed E-state index contributed by atoms with van der Waals surface area (Å²) in [5.74, 6) is 0.340. The Hall–Kier alpha value is -2.14. The van der Waals surface area contributed by atoms with Gasteiger partial charge < -0.3 is 10.3 Å².